The largest absolute Gasteiger partial charge is 0.462 e. The first kappa shape index (κ1) is 18.2. The first-order valence-corrected chi connectivity index (χ1v) is 8.51. The lowest BCUT2D eigenvalue weighted by Gasteiger charge is -2.11. The summed E-state index contributed by atoms with van der Waals surface area (Å²) in [6.07, 6.45) is 6.65. The lowest BCUT2D eigenvalue weighted by Crippen LogP contribution is -2.18. The summed E-state index contributed by atoms with van der Waals surface area (Å²) in [5, 5.41) is 3.38. The zero-order chi connectivity index (χ0) is 15.5. The molecule has 21 heavy (non-hydrogen) atoms. The van der Waals surface area contributed by atoms with Crippen LogP contribution in [-0.4, -0.2) is 12.6 Å². The van der Waals surface area contributed by atoms with Gasteiger partial charge in [0.1, 0.15) is 18.1 Å². The molecule has 0 radical (unpaired) electrons. The minimum absolute atomic E-state index is 0.314. The molecule has 0 bridgehead atoms. The van der Waals surface area contributed by atoms with Gasteiger partial charge in [0, 0.05) is 0 Å². The molecule has 0 aliphatic rings. The minimum Gasteiger partial charge on any atom is -0.462 e. The number of unbranched alkanes of at least 4 members (excludes halogenated alkanes) is 3. The smallest absolute Gasteiger partial charge is 0.129 e. The van der Waals surface area contributed by atoms with E-state index in [0.717, 1.165) is 31.0 Å². The summed E-state index contributed by atoms with van der Waals surface area (Å²) in [4.78, 5) is 0. The molecule has 0 spiro atoms. The van der Waals surface area contributed by atoms with Gasteiger partial charge in [0.15, 0.2) is 0 Å². The Kier molecular flexibility index (Phi) is 9.44. The zero-order valence-corrected chi connectivity index (χ0v) is 14.3. The molecule has 3 heteroatoms. The first-order chi connectivity index (χ1) is 10.1. The van der Waals surface area contributed by atoms with E-state index in [2.05, 4.69) is 33.0 Å². The van der Waals surface area contributed by atoms with Crippen molar-refractivity contribution in [3.05, 3.63) is 23.7 Å². The normalized spacial score (nSPS) is 13.0. The predicted molar refractivity (Wildman–Crippen MR) is 88.3 cm³/mol. The molecule has 0 aliphatic carbocycles. The average Bonchev–Trinajstić information content (AvgIpc) is 2.89. The van der Waals surface area contributed by atoms with Gasteiger partial charge in [0.2, 0.25) is 0 Å². The second-order valence-corrected chi connectivity index (χ2v) is 6.36. The summed E-state index contributed by atoms with van der Waals surface area (Å²) in [6.45, 7) is 11.2. The van der Waals surface area contributed by atoms with Gasteiger partial charge in [-0.15, -0.1) is 0 Å². The molecule has 0 saturated carbocycles. The fraction of sp³-hybridized carbons (Fsp3) is 0.778. The molecular weight excluding hydrogens is 262 g/mol. The summed E-state index contributed by atoms with van der Waals surface area (Å²) in [7, 11) is 0. The van der Waals surface area contributed by atoms with E-state index in [0.29, 0.717) is 18.6 Å². The molecular formula is C18H33NO2. The summed E-state index contributed by atoms with van der Waals surface area (Å²) in [5.41, 5.74) is 0. The number of furan rings is 1. The van der Waals surface area contributed by atoms with Crippen LogP contribution in [0.5, 0.6) is 0 Å². The highest BCUT2D eigenvalue weighted by Gasteiger charge is 2.06. The molecule has 0 fully saturated rings. The summed E-state index contributed by atoms with van der Waals surface area (Å²) in [6, 6.07) is 4.06. The Morgan fingerprint density at radius 3 is 2.57 bits per heavy atom. The van der Waals surface area contributed by atoms with Gasteiger partial charge in [0.05, 0.1) is 12.6 Å². The van der Waals surface area contributed by atoms with Crippen LogP contribution >= 0.6 is 0 Å². The maximum absolute atomic E-state index is 5.85. The van der Waals surface area contributed by atoms with Crippen LogP contribution in [0.3, 0.4) is 0 Å². The van der Waals surface area contributed by atoms with Crippen molar-refractivity contribution >= 4 is 0 Å². The number of nitrogens with one attached hydrogen (secondary N) is 1. The molecule has 1 aromatic rings. The van der Waals surface area contributed by atoms with Crippen LogP contribution in [-0.2, 0) is 17.9 Å². The second-order valence-electron chi connectivity index (χ2n) is 6.36. The highest BCUT2D eigenvalue weighted by atomic mass is 16.5. The maximum Gasteiger partial charge on any atom is 0.129 e. The Hall–Kier alpha value is -0.800. The monoisotopic (exact) mass is 295 g/mol. The molecule has 0 amide bonds. The van der Waals surface area contributed by atoms with Gasteiger partial charge in [-0.25, -0.2) is 0 Å². The molecule has 1 N–H and O–H groups in total. The third-order valence-corrected chi connectivity index (χ3v) is 3.54. The number of rotatable bonds is 12. The number of hydrogen-bond acceptors (Lipinski definition) is 3. The van der Waals surface area contributed by atoms with Crippen LogP contribution in [0.1, 0.15) is 71.3 Å². The van der Waals surface area contributed by atoms with Crippen LogP contribution < -0.4 is 5.32 Å². The van der Waals surface area contributed by atoms with Crippen LogP contribution in [0.15, 0.2) is 16.5 Å². The van der Waals surface area contributed by atoms with E-state index in [9.17, 15) is 0 Å². The standard InChI is InChI=1S/C18H33NO2/c1-5-6-7-8-9-16(4)20-14-18-11-10-17(21-18)13-19-12-15(2)3/h10-11,15-16,19H,5-9,12-14H2,1-4H3. The SMILES string of the molecule is CCCCCCC(C)OCc1ccc(CNCC(C)C)o1. The first-order valence-electron chi connectivity index (χ1n) is 8.51. The average molecular weight is 295 g/mol. The fourth-order valence-electron chi connectivity index (χ4n) is 2.25. The highest BCUT2D eigenvalue weighted by Crippen LogP contribution is 2.13. The van der Waals surface area contributed by atoms with E-state index in [4.69, 9.17) is 9.15 Å². The molecule has 0 saturated heterocycles. The Balaban J connectivity index is 2.15. The van der Waals surface area contributed by atoms with Gasteiger partial charge in [0.25, 0.3) is 0 Å². The van der Waals surface area contributed by atoms with E-state index in [1.807, 2.05) is 12.1 Å². The Morgan fingerprint density at radius 2 is 1.86 bits per heavy atom. The van der Waals surface area contributed by atoms with Gasteiger partial charge in [-0.05, 0) is 37.9 Å². The molecule has 1 rings (SSSR count). The van der Waals surface area contributed by atoms with Gasteiger partial charge >= 0.3 is 0 Å². The lowest BCUT2D eigenvalue weighted by atomic mass is 10.1. The topological polar surface area (TPSA) is 34.4 Å². The Bertz CT molecular complexity index is 360. The third kappa shape index (κ3) is 8.94. The van der Waals surface area contributed by atoms with E-state index in [1.165, 1.54) is 25.7 Å². The van der Waals surface area contributed by atoms with Crippen LogP contribution in [0, 0.1) is 5.92 Å². The summed E-state index contributed by atoms with van der Waals surface area (Å²) < 4.78 is 11.6. The number of hydrogen-bond donors (Lipinski definition) is 1. The molecule has 1 atom stereocenters. The molecule has 1 unspecified atom stereocenters. The van der Waals surface area contributed by atoms with Crippen molar-refractivity contribution in [3.8, 4) is 0 Å². The molecule has 0 aromatic carbocycles. The van der Waals surface area contributed by atoms with Gasteiger partial charge in [-0.2, -0.15) is 0 Å². The van der Waals surface area contributed by atoms with Crippen molar-refractivity contribution in [1.29, 1.82) is 0 Å². The quantitative estimate of drug-likeness (QED) is 0.557. The van der Waals surface area contributed by atoms with Crippen LogP contribution in [0.25, 0.3) is 0 Å². The van der Waals surface area contributed by atoms with Gasteiger partial charge in [-0.1, -0.05) is 46.5 Å². The predicted octanol–water partition coefficient (Wildman–Crippen LogP) is 4.90. The van der Waals surface area contributed by atoms with Crippen molar-refractivity contribution in [3.63, 3.8) is 0 Å². The molecule has 3 nitrogen and oxygen atoms in total. The fourth-order valence-corrected chi connectivity index (χ4v) is 2.25. The molecule has 1 heterocycles. The van der Waals surface area contributed by atoms with Crippen LogP contribution in [0.2, 0.25) is 0 Å². The van der Waals surface area contributed by atoms with Crippen molar-refractivity contribution in [1.82, 2.24) is 5.32 Å². The van der Waals surface area contributed by atoms with E-state index in [1.54, 1.807) is 0 Å². The number of ether oxygens (including phenoxy) is 1. The summed E-state index contributed by atoms with van der Waals surface area (Å²) in [5.74, 6) is 2.58. The Morgan fingerprint density at radius 1 is 1.10 bits per heavy atom. The van der Waals surface area contributed by atoms with Crippen molar-refractivity contribution < 1.29 is 9.15 Å². The van der Waals surface area contributed by atoms with E-state index in [-0.39, 0.29) is 0 Å². The lowest BCUT2D eigenvalue weighted by molar-refractivity contribution is 0.0355. The second kappa shape index (κ2) is 10.9. The van der Waals surface area contributed by atoms with Gasteiger partial charge in [-0.3, -0.25) is 0 Å². The van der Waals surface area contributed by atoms with Gasteiger partial charge < -0.3 is 14.5 Å². The highest BCUT2D eigenvalue weighted by molar-refractivity contribution is 5.06. The zero-order valence-electron chi connectivity index (χ0n) is 14.3. The van der Waals surface area contributed by atoms with Crippen molar-refractivity contribution in [2.75, 3.05) is 6.54 Å². The van der Waals surface area contributed by atoms with Crippen LogP contribution in [0.4, 0.5) is 0 Å². The molecule has 1 aromatic heterocycles. The van der Waals surface area contributed by atoms with Crippen molar-refractivity contribution in [2.24, 2.45) is 5.92 Å². The van der Waals surface area contributed by atoms with Crippen molar-refractivity contribution in [2.45, 2.75) is 79.1 Å². The molecule has 0 aliphatic heterocycles. The van der Waals surface area contributed by atoms with E-state index >= 15 is 0 Å². The molecule has 122 valence electrons. The maximum atomic E-state index is 5.85. The minimum atomic E-state index is 0.314. The van der Waals surface area contributed by atoms with E-state index < -0.39 is 0 Å². The summed E-state index contributed by atoms with van der Waals surface area (Å²) >= 11 is 0. The third-order valence-electron chi connectivity index (χ3n) is 3.54. The Labute approximate surface area is 130 Å².